The second-order valence-corrected chi connectivity index (χ2v) is 4.86. The summed E-state index contributed by atoms with van der Waals surface area (Å²) in [6.45, 7) is 4.69. The van der Waals surface area contributed by atoms with Crippen molar-refractivity contribution in [1.82, 2.24) is 15.0 Å². The first-order valence-electron chi connectivity index (χ1n) is 5.64. The number of hydrazine groups is 1. The topological polar surface area (TPSA) is 88.8 Å². The van der Waals surface area contributed by atoms with E-state index >= 15 is 0 Å². The Bertz CT molecular complexity index is 524. The van der Waals surface area contributed by atoms with E-state index in [1.807, 2.05) is 19.9 Å². The number of anilines is 2. The molecule has 7 heteroatoms. The molecule has 18 heavy (non-hydrogen) atoms. The predicted molar refractivity (Wildman–Crippen MR) is 73.6 cm³/mol. The molecule has 6 nitrogen and oxygen atoms in total. The lowest BCUT2D eigenvalue weighted by atomic mass is 10.4. The molecule has 0 aromatic carbocycles. The molecule has 0 saturated carbocycles. The normalized spacial score (nSPS) is 10.4. The van der Waals surface area contributed by atoms with Crippen LogP contribution in [0, 0.1) is 13.8 Å². The molecule has 2 aromatic heterocycles. The molecule has 0 fully saturated rings. The largest absolute Gasteiger partial charge is 0.369 e. The Morgan fingerprint density at radius 2 is 2.06 bits per heavy atom. The van der Waals surface area contributed by atoms with Crippen LogP contribution in [-0.2, 0) is 6.42 Å². The highest BCUT2D eigenvalue weighted by molar-refractivity contribution is 7.09. The van der Waals surface area contributed by atoms with E-state index < -0.39 is 0 Å². The van der Waals surface area contributed by atoms with E-state index in [2.05, 4.69) is 31.1 Å². The summed E-state index contributed by atoms with van der Waals surface area (Å²) >= 11 is 1.68. The fourth-order valence-corrected chi connectivity index (χ4v) is 2.31. The van der Waals surface area contributed by atoms with Crippen LogP contribution in [0.4, 0.5) is 11.8 Å². The maximum Gasteiger partial charge on any atom is 0.239 e. The smallest absolute Gasteiger partial charge is 0.239 e. The summed E-state index contributed by atoms with van der Waals surface area (Å²) in [6.07, 6.45) is 0.882. The Morgan fingerprint density at radius 1 is 1.22 bits per heavy atom. The van der Waals surface area contributed by atoms with E-state index in [0.717, 1.165) is 35.2 Å². The highest BCUT2D eigenvalue weighted by Crippen LogP contribution is 2.11. The number of aryl methyl sites for hydroxylation is 2. The third-order valence-corrected chi connectivity index (χ3v) is 3.32. The van der Waals surface area contributed by atoms with Crippen LogP contribution < -0.4 is 16.6 Å². The molecule has 0 bridgehead atoms. The van der Waals surface area contributed by atoms with E-state index in [1.54, 1.807) is 11.3 Å². The molecule has 2 rings (SSSR count). The van der Waals surface area contributed by atoms with Gasteiger partial charge in [0.1, 0.15) is 5.82 Å². The van der Waals surface area contributed by atoms with Crippen LogP contribution >= 0.6 is 11.3 Å². The van der Waals surface area contributed by atoms with Gasteiger partial charge in [-0.2, -0.15) is 4.98 Å². The van der Waals surface area contributed by atoms with Gasteiger partial charge >= 0.3 is 0 Å². The third-order valence-electron chi connectivity index (χ3n) is 2.29. The van der Waals surface area contributed by atoms with Gasteiger partial charge in [0.15, 0.2) is 0 Å². The van der Waals surface area contributed by atoms with Crippen LogP contribution in [0.3, 0.4) is 0 Å². The molecular formula is C11H16N6S. The summed E-state index contributed by atoms with van der Waals surface area (Å²) in [4.78, 5) is 12.7. The Balaban J connectivity index is 1.91. The number of hydrogen-bond donors (Lipinski definition) is 3. The maximum atomic E-state index is 5.30. The third kappa shape index (κ3) is 3.38. The molecule has 4 N–H and O–H groups in total. The van der Waals surface area contributed by atoms with Crippen molar-refractivity contribution in [3.8, 4) is 0 Å². The Labute approximate surface area is 110 Å². The molecule has 0 atom stereocenters. The Morgan fingerprint density at radius 3 is 2.72 bits per heavy atom. The fraction of sp³-hybridized carbons (Fsp3) is 0.364. The van der Waals surface area contributed by atoms with Crippen molar-refractivity contribution >= 4 is 23.1 Å². The van der Waals surface area contributed by atoms with Gasteiger partial charge in [0.25, 0.3) is 0 Å². The molecular weight excluding hydrogens is 248 g/mol. The Kier molecular flexibility index (Phi) is 4.06. The van der Waals surface area contributed by atoms with E-state index in [9.17, 15) is 0 Å². The van der Waals surface area contributed by atoms with Crippen LogP contribution in [0.1, 0.15) is 16.4 Å². The zero-order valence-electron chi connectivity index (χ0n) is 10.4. The number of nitrogens with one attached hydrogen (secondary N) is 2. The molecule has 96 valence electrons. The van der Waals surface area contributed by atoms with E-state index in [4.69, 9.17) is 5.84 Å². The zero-order valence-corrected chi connectivity index (χ0v) is 11.2. The maximum absolute atomic E-state index is 5.30. The van der Waals surface area contributed by atoms with E-state index in [-0.39, 0.29) is 0 Å². The van der Waals surface area contributed by atoms with Gasteiger partial charge < -0.3 is 5.32 Å². The van der Waals surface area contributed by atoms with Crippen molar-refractivity contribution < 1.29 is 0 Å². The zero-order chi connectivity index (χ0) is 13.0. The molecule has 0 radical (unpaired) electrons. The number of aromatic nitrogens is 3. The quantitative estimate of drug-likeness (QED) is 0.560. The molecule has 0 aliphatic heterocycles. The van der Waals surface area contributed by atoms with E-state index in [1.165, 1.54) is 0 Å². The summed E-state index contributed by atoms with van der Waals surface area (Å²) < 4.78 is 0. The van der Waals surface area contributed by atoms with Gasteiger partial charge in [0, 0.05) is 35.8 Å². The molecule has 0 saturated heterocycles. The Hall–Kier alpha value is -1.73. The van der Waals surface area contributed by atoms with Gasteiger partial charge in [-0.3, -0.25) is 5.43 Å². The van der Waals surface area contributed by atoms with Crippen LogP contribution in [0.15, 0.2) is 11.4 Å². The predicted octanol–water partition coefficient (Wildman–Crippen LogP) is 1.49. The molecule has 0 aliphatic rings. The van der Waals surface area contributed by atoms with Gasteiger partial charge in [0.2, 0.25) is 5.95 Å². The van der Waals surface area contributed by atoms with Gasteiger partial charge in [0.05, 0.1) is 5.01 Å². The van der Waals surface area contributed by atoms with Crippen molar-refractivity contribution in [3.05, 3.63) is 27.8 Å². The van der Waals surface area contributed by atoms with E-state index in [0.29, 0.717) is 5.95 Å². The number of nitrogens with two attached hydrogens (primary N) is 1. The number of rotatable bonds is 5. The summed E-state index contributed by atoms with van der Waals surface area (Å²) in [6, 6.07) is 1.88. The first-order chi connectivity index (χ1) is 8.67. The van der Waals surface area contributed by atoms with Crippen LogP contribution in [0.2, 0.25) is 0 Å². The molecule has 0 aliphatic carbocycles. The average Bonchev–Trinajstić information content (AvgIpc) is 2.74. The molecule has 2 aromatic rings. The highest BCUT2D eigenvalue weighted by atomic mass is 32.1. The highest BCUT2D eigenvalue weighted by Gasteiger charge is 2.02. The van der Waals surface area contributed by atoms with Crippen molar-refractivity contribution in [1.29, 1.82) is 0 Å². The molecule has 0 unspecified atom stereocenters. The van der Waals surface area contributed by atoms with Crippen LogP contribution in [-0.4, -0.2) is 21.5 Å². The van der Waals surface area contributed by atoms with Gasteiger partial charge in [-0.05, 0) is 13.8 Å². The van der Waals surface area contributed by atoms with Gasteiger partial charge in [-0.15, -0.1) is 11.3 Å². The number of hydrogen-bond acceptors (Lipinski definition) is 7. The lowest BCUT2D eigenvalue weighted by molar-refractivity contribution is 0.968. The minimum Gasteiger partial charge on any atom is -0.369 e. The molecule has 0 spiro atoms. The number of nitrogens with zero attached hydrogens (tertiary/aromatic N) is 3. The number of thiazole rings is 1. The van der Waals surface area contributed by atoms with Crippen molar-refractivity contribution in [3.63, 3.8) is 0 Å². The lowest BCUT2D eigenvalue weighted by Crippen LogP contribution is -2.13. The first kappa shape index (κ1) is 12.7. The fourth-order valence-electron chi connectivity index (χ4n) is 1.54. The van der Waals surface area contributed by atoms with Gasteiger partial charge in [-0.25, -0.2) is 15.8 Å². The standard InChI is InChI=1S/C11H16N6S/c1-7-5-9(16-11(15-7)17-12)13-4-3-10-14-8(2)6-18-10/h5-6H,3-4,12H2,1-2H3,(H2,13,15,16,17). The molecule has 2 heterocycles. The van der Waals surface area contributed by atoms with Crippen molar-refractivity contribution in [2.75, 3.05) is 17.3 Å². The first-order valence-corrected chi connectivity index (χ1v) is 6.52. The number of nitrogen functional groups attached to an aromatic ring is 1. The van der Waals surface area contributed by atoms with Gasteiger partial charge in [-0.1, -0.05) is 0 Å². The van der Waals surface area contributed by atoms with Crippen LogP contribution in [0.5, 0.6) is 0 Å². The summed E-state index contributed by atoms with van der Waals surface area (Å²) in [5.74, 6) is 6.49. The van der Waals surface area contributed by atoms with Crippen molar-refractivity contribution in [2.45, 2.75) is 20.3 Å². The lowest BCUT2D eigenvalue weighted by Gasteiger charge is -2.07. The van der Waals surface area contributed by atoms with Crippen molar-refractivity contribution in [2.24, 2.45) is 5.84 Å². The minimum absolute atomic E-state index is 0.419. The second-order valence-electron chi connectivity index (χ2n) is 3.92. The summed E-state index contributed by atoms with van der Waals surface area (Å²) in [7, 11) is 0. The molecule has 0 amide bonds. The SMILES string of the molecule is Cc1cc(NCCc2nc(C)cs2)nc(NN)n1. The van der Waals surface area contributed by atoms with Crippen LogP contribution in [0.25, 0.3) is 0 Å². The average molecular weight is 264 g/mol. The summed E-state index contributed by atoms with van der Waals surface area (Å²) in [5, 5.41) is 6.42. The minimum atomic E-state index is 0.419. The second kappa shape index (κ2) is 5.74. The monoisotopic (exact) mass is 264 g/mol. The summed E-state index contributed by atoms with van der Waals surface area (Å²) in [5.41, 5.74) is 4.39.